The monoisotopic (exact) mass is 304 g/mol. The minimum absolute atomic E-state index is 0.254. The summed E-state index contributed by atoms with van der Waals surface area (Å²) in [6.07, 6.45) is 1.98. The van der Waals surface area contributed by atoms with E-state index in [2.05, 4.69) is 11.6 Å². The summed E-state index contributed by atoms with van der Waals surface area (Å²) in [6.45, 7) is 3.88. The molecule has 2 aromatic rings. The van der Waals surface area contributed by atoms with Crippen molar-refractivity contribution in [3.05, 3.63) is 53.6 Å². The van der Waals surface area contributed by atoms with Crippen molar-refractivity contribution in [2.45, 2.75) is 31.6 Å². The molecule has 0 fully saturated rings. The molecule has 112 valence electrons. The van der Waals surface area contributed by atoms with Gasteiger partial charge in [-0.15, -0.1) is 0 Å². The molecule has 0 heterocycles. The molecule has 0 aliphatic heterocycles. The number of anilines is 2. The maximum atomic E-state index is 12.4. The Bertz CT molecular complexity index is 722. The van der Waals surface area contributed by atoms with Crippen LogP contribution in [0.25, 0.3) is 0 Å². The lowest BCUT2D eigenvalue weighted by atomic mass is 10.1. The number of hydrogen-bond donors (Lipinski definition) is 2. The first-order chi connectivity index (χ1) is 9.94. The van der Waals surface area contributed by atoms with E-state index in [9.17, 15) is 8.42 Å². The normalized spacial score (nSPS) is 11.3. The van der Waals surface area contributed by atoms with E-state index in [1.165, 1.54) is 0 Å². The molecule has 2 aromatic carbocycles. The van der Waals surface area contributed by atoms with Crippen LogP contribution in [-0.4, -0.2) is 8.42 Å². The third-order valence-corrected chi connectivity index (χ3v) is 4.77. The summed E-state index contributed by atoms with van der Waals surface area (Å²) in [5.74, 6) is 0. The van der Waals surface area contributed by atoms with Gasteiger partial charge in [-0.05, 0) is 48.7 Å². The van der Waals surface area contributed by atoms with Gasteiger partial charge in [0.2, 0.25) is 0 Å². The predicted molar refractivity (Wildman–Crippen MR) is 86.8 cm³/mol. The largest absolute Gasteiger partial charge is 0.398 e. The molecule has 21 heavy (non-hydrogen) atoms. The van der Waals surface area contributed by atoms with Crippen LogP contribution < -0.4 is 10.5 Å². The van der Waals surface area contributed by atoms with Crippen LogP contribution in [0.2, 0.25) is 0 Å². The maximum absolute atomic E-state index is 12.4. The first-order valence-electron chi connectivity index (χ1n) is 6.91. The van der Waals surface area contributed by atoms with Crippen LogP contribution >= 0.6 is 0 Å². The molecule has 0 saturated heterocycles. The smallest absolute Gasteiger partial charge is 0.261 e. The van der Waals surface area contributed by atoms with Gasteiger partial charge in [-0.1, -0.05) is 31.5 Å². The molecule has 0 saturated carbocycles. The lowest BCUT2D eigenvalue weighted by molar-refractivity contribution is 0.601. The Hall–Kier alpha value is -2.01. The fraction of sp³-hybridized carbons (Fsp3) is 0.250. The molecular weight excluding hydrogens is 284 g/mol. The number of aryl methyl sites for hydroxylation is 1. The van der Waals surface area contributed by atoms with E-state index in [0.717, 1.165) is 24.0 Å². The van der Waals surface area contributed by atoms with E-state index in [1.54, 1.807) is 37.3 Å². The molecule has 0 aromatic heterocycles. The number of nitrogens with one attached hydrogen (secondary N) is 1. The van der Waals surface area contributed by atoms with E-state index in [1.807, 2.05) is 12.1 Å². The summed E-state index contributed by atoms with van der Waals surface area (Å²) in [6, 6.07) is 12.1. The molecule has 0 aliphatic carbocycles. The second-order valence-corrected chi connectivity index (χ2v) is 6.70. The molecule has 2 rings (SSSR count). The minimum atomic E-state index is -3.59. The molecule has 5 heteroatoms. The van der Waals surface area contributed by atoms with Crippen LogP contribution in [-0.2, 0) is 16.4 Å². The topological polar surface area (TPSA) is 72.2 Å². The second-order valence-electron chi connectivity index (χ2n) is 5.02. The van der Waals surface area contributed by atoms with Crippen LogP contribution in [0.3, 0.4) is 0 Å². The van der Waals surface area contributed by atoms with Crippen molar-refractivity contribution in [2.24, 2.45) is 0 Å². The fourth-order valence-electron chi connectivity index (χ4n) is 2.09. The molecule has 0 aliphatic rings. The van der Waals surface area contributed by atoms with Crippen molar-refractivity contribution in [1.29, 1.82) is 0 Å². The van der Waals surface area contributed by atoms with Crippen molar-refractivity contribution < 1.29 is 8.42 Å². The highest BCUT2D eigenvalue weighted by Crippen LogP contribution is 2.23. The van der Waals surface area contributed by atoms with Crippen LogP contribution in [0.5, 0.6) is 0 Å². The lowest BCUT2D eigenvalue weighted by Gasteiger charge is -2.12. The van der Waals surface area contributed by atoms with Gasteiger partial charge in [0.15, 0.2) is 0 Å². The van der Waals surface area contributed by atoms with Crippen LogP contribution in [0, 0.1) is 6.92 Å². The average molecular weight is 304 g/mol. The predicted octanol–water partition coefficient (Wildman–Crippen LogP) is 3.33. The number of rotatable bonds is 5. The third-order valence-electron chi connectivity index (χ3n) is 3.39. The SMILES string of the molecule is CCCc1ccc(S(=O)(=O)Nc2cccc(N)c2C)cc1. The molecule has 0 radical (unpaired) electrons. The van der Waals surface area contributed by atoms with Gasteiger partial charge in [-0.25, -0.2) is 8.42 Å². The van der Waals surface area contributed by atoms with Gasteiger partial charge in [-0.3, -0.25) is 4.72 Å². The quantitative estimate of drug-likeness (QED) is 0.832. The highest BCUT2D eigenvalue weighted by Gasteiger charge is 2.15. The van der Waals surface area contributed by atoms with Gasteiger partial charge in [0.05, 0.1) is 10.6 Å². The number of benzene rings is 2. The van der Waals surface area contributed by atoms with E-state index in [-0.39, 0.29) is 4.90 Å². The number of nitrogen functional groups attached to an aromatic ring is 1. The number of hydrogen-bond acceptors (Lipinski definition) is 3. The van der Waals surface area contributed by atoms with Gasteiger partial charge in [0.25, 0.3) is 10.0 Å². The lowest BCUT2D eigenvalue weighted by Crippen LogP contribution is -2.14. The summed E-state index contributed by atoms with van der Waals surface area (Å²) < 4.78 is 27.4. The van der Waals surface area contributed by atoms with Crippen molar-refractivity contribution in [2.75, 3.05) is 10.5 Å². The first-order valence-corrected chi connectivity index (χ1v) is 8.39. The van der Waals surface area contributed by atoms with Crippen LogP contribution in [0.15, 0.2) is 47.4 Å². The Balaban J connectivity index is 2.27. The van der Waals surface area contributed by atoms with E-state index < -0.39 is 10.0 Å². The zero-order chi connectivity index (χ0) is 15.5. The van der Waals surface area contributed by atoms with Gasteiger partial charge < -0.3 is 5.73 Å². The molecule has 0 amide bonds. The first kappa shape index (κ1) is 15.4. The second kappa shape index (κ2) is 6.18. The molecule has 0 bridgehead atoms. The summed E-state index contributed by atoms with van der Waals surface area (Å²) in [5.41, 5.74) is 8.73. The van der Waals surface area contributed by atoms with E-state index in [4.69, 9.17) is 5.73 Å². The van der Waals surface area contributed by atoms with Gasteiger partial charge >= 0.3 is 0 Å². The standard InChI is InChI=1S/C16H20N2O2S/c1-3-5-13-8-10-14(11-9-13)21(19,20)18-16-7-4-6-15(17)12(16)2/h4,6-11,18H,3,5,17H2,1-2H3. The zero-order valence-corrected chi connectivity index (χ0v) is 13.1. The Morgan fingerprint density at radius 2 is 1.76 bits per heavy atom. The van der Waals surface area contributed by atoms with Crippen LogP contribution in [0.4, 0.5) is 11.4 Å². The van der Waals surface area contributed by atoms with Gasteiger partial charge in [-0.2, -0.15) is 0 Å². The summed E-state index contributed by atoms with van der Waals surface area (Å²) in [5, 5.41) is 0. The molecule has 4 nitrogen and oxygen atoms in total. The van der Waals surface area contributed by atoms with Crippen molar-refractivity contribution in [3.8, 4) is 0 Å². The summed E-state index contributed by atoms with van der Waals surface area (Å²) >= 11 is 0. The van der Waals surface area contributed by atoms with E-state index in [0.29, 0.717) is 11.4 Å². The molecule has 0 spiro atoms. The Morgan fingerprint density at radius 3 is 2.38 bits per heavy atom. The third kappa shape index (κ3) is 3.55. The van der Waals surface area contributed by atoms with Gasteiger partial charge in [0.1, 0.15) is 0 Å². The summed E-state index contributed by atoms with van der Waals surface area (Å²) in [7, 11) is -3.59. The molecule has 0 unspecified atom stereocenters. The molecule has 3 N–H and O–H groups in total. The molecular formula is C16H20N2O2S. The Kier molecular flexibility index (Phi) is 4.53. The van der Waals surface area contributed by atoms with Crippen LogP contribution in [0.1, 0.15) is 24.5 Å². The van der Waals surface area contributed by atoms with Crippen molar-refractivity contribution in [3.63, 3.8) is 0 Å². The number of nitrogens with two attached hydrogens (primary N) is 1. The number of sulfonamides is 1. The van der Waals surface area contributed by atoms with Crippen molar-refractivity contribution >= 4 is 21.4 Å². The zero-order valence-electron chi connectivity index (χ0n) is 12.3. The Labute approximate surface area is 126 Å². The van der Waals surface area contributed by atoms with Gasteiger partial charge in [0, 0.05) is 5.69 Å². The minimum Gasteiger partial charge on any atom is -0.398 e. The molecule has 0 atom stereocenters. The van der Waals surface area contributed by atoms with Crippen molar-refractivity contribution in [1.82, 2.24) is 0 Å². The average Bonchev–Trinajstić information content (AvgIpc) is 2.45. The Morgan fingerprint density at radius 1 is 1.10 bits per heavy atom. The highest BCUT2D eigenvalue weighted by atomic mass is 32.2. The maximum Gasteiger partial charge on any atom is 0.261 e. The van der Waals surface area contributed by atoms with E-state index >= 15 is 0 Å². The fourth-order valence-corrected chi connectivity index (χ4v) is 3.21. The summed E-state index contributed by atoms with van der Waals surface area (Å²) in [4.78, 5) is 0.254. The highest BCUT2D eigenvalue weighted by molar-refractivity contribution is 7.92.